The van der Waals surface area contributed by atoms with Crippen LogP contribution in [0.4, 0.5) is 15.6 Å². The summed E-state index contributed by atoms with van der Waals surface area (Å²) in [5.41, 5.74) is 2.67. The van der Waals surface area contributed by atoms with Gasteiger partial charge in [-0.3, -0.25) is 0 Å². The molecule has 1 aliphatic rings. The summed E-state index contributed by atoms with van der Waals surface area (Å²) in [6.07, 6.45) is 0. The zero-order valence-corrected chi connectivity index (χ0v) is 17.0. The van der Waals surface area contributed by atoms with Gasteiger partial charge in [-0.1, -0.05) is 40.6 Å². The second-order valence-corrected chi connectivity index (χ2v) is 8.28. The minimum atomic E-state index is -0.108. The van der Waals surface area contributed by atoms with Gasteiger partial charge in [-0.15, -0.1) is 0 Å². The topological polar surface area (TPSA) is 48.5 Å². The number of nitrogens with zero attached hydrogens (tertiary/aromatic N) is 3. The lowest BCUT2D eigenvalue weighted by atomic mass is 10.2. The van der Waals surface area contributed by atoms with Crippen molar-refractivity contribution in [3.05, 3.63) is 52.0 Å². The van der Waals surface area contributed by atoms with E-state index < -0.39 is 0 Å². The van der Waals surface area contributed by atoms with Crippen molar-refractivity contribution in [1.29, 1.82) is 0 Å². The van der Waals surface area contributed by atoms with E-state index in [2.05, 4.69) is 10.2 Å². The van der Waals surface area contributed by atoms with Gasteiger partial charge >= 0.3 is 6.03 Å². The van der Waals surface area contributed by atoms with Crippen LogP contribution in [0.25, 0.3) is 10.2 Å². The Morgan fingerprint density at radius 2 is 1.93 bits per heavy atom. The highest BCUT2D eigenvalue weighted by atomic mass is 35.5. The number of thiazole rings is 1. The zero-order valence-electron chi connectivity index (χ0n) is 14.7. The third kappa shape index (κ3) is 3.83. The van der Waals surface area contributed by atoms with Crippen LogP contribution in [0.1, 0.15) is 5.56 Å². The number of carbonyl (C=O) groups excluding carboxylic acids is 1. The van der Waals surface area contributed by atoms with Gasteiger partial charge in [0, 0.05) is 41.9 Å². The summed E-state index contributed by atoms with van der Waals surface area (Å²) in [6.45, 7) is 4.77. The maximum absolute atomic E-state index is 12.5. The number of hydrogen-bond donors (Lipinski definition) is 1. The number of piperazine rings is 1. The number of aromatic nitrogens is 1. The summed E-state index contributed by atoms with van der Waals surface area (Å²) >= 11 is 13.8. The number of fused-ring (bicyclic) bond motifs is 1. The monoisotopic (exact) mass is 420 g/mol. The van der Waals surface area contributed by atoms with Crippen molar-refractivity contribution < 1.29 is 4.79 Å². The van der Waals surface area contributed by atoms with Gasteiger partial charge in [0.05, 0.1) is 10.2 Å². The molecule has 2 heterocycles. The van der Waals surface area contributed by atoms with Crippen LogP contribution in [0.5, 0.6) is 0 Å². The van der Waals surface area contributed by atoms with E-state index in [0.29, 0.717) is 23.8 Å². The molecule has 0 unspecified atom stereocenters. The van der Waals surface area contributed by atoms with Crippen molar-refractivity contribution in [3.63, 3.8) is 0 Å². The van der Waals surface area contributed by atoms with Crippen molar-refractivity contribution in [3.8, 4) is 0 Å². The Morgan fingerprint density at radius 3 is 2.67 bits per heavy atom. The average molecular weight is 421 g/mol. The Labute approximate surface area is 171 Å². The first kappa shape index (κ1) is 18.3. The van der Waals surface area contributed by atoms with E-state index in [1.807, 2.05) is 36.1 Å². The summed E-state index contributed by atoms with van der Waals surface area (Å²) in [4.78, 5) is 21.3. The fourth-order valence-electron chi connectivity index (χ4n) is 3.09. The van der Waals surface area contributed by atoms with Crippen LogP contribution in [0, 0.1) is 6.92 Å². The van der Waals surface area contributed by atoms with Gasteiger partial charge in [0.25, 0.3) is 0 Å². The van der Waals surface area contributed by atoms with Gasteiger partial charge in [0.2, 0.25) is 0 Å². The quantitative estimate of drug-likeness (QED) is 0.614. The van der Waals surface area contributed by atoms with E-state index in [9.17, 15) is 4.79 Å². The number of nitrogens with one attached hydrogen (secondary N) is 1. The highest BCUT2D eigenvalue weighted by molar-refractivity contribution is 7.22. The van der Waals surface area contributed by atoms with Crippen LogP contribution < -0.4 is 10.2 Å². The summed E-state index contributed by atoms with van der Waals surface area (Å²) in [5, 5.41) is 5.21. The second-order valence-electron chi connectivity index (χ2n) is 6.43. The zero-order chi connectivity index (χ0) is 19.0. The predicted octanol–water partition coefficient (Wildman–Crippen LogP) is 5.27. The lowest BCUT2D eigenvalue weighted by Gasteiger charge is -2.34. The van der Waals surface area contributed by atoms with Crippen LogP contribution in [0.3, 0.4) is 0 Å². The Bertz CT molecular complexity index is 999. The molecule has 0 radical (unpaired) electrons. The number of amides is 2. The van der Waals surface area contributed by atoms with Crippen molar-refractivity contribution in [1.82, 2.24) is 9.88 Å². The molecule has 1 fully saturated rings. The molecule has 0 saturated carbocycles. The average Bonchev–Trinajstić information content (AvgIpc) is 3.10. The van der Waals surface area contributed by atoms with Gasteiger partial charge < -0.3 is 15.1 Å². The molecule has 0 bridgehead atoms. The van der Waals surface area contributed by atoms with Gasteiger partial charge in [-0.25, -0.2) is 9.78 Å². The van der Waals surface area contributed by atoms with Crippen LogP contribution in [0.2, 0.25) is 10.0 Å². The summed E-state index contributed by atoms with van der Waals surface area (Å²) in [7, 11) is 0. The highest BCUT2D eigenvalue weighted by Gasteiger charge is 2.23. The Hall–Kier alpha value is -2.02. The first-order valence-corrected chi connectivity index (χ1v) is 10.2. The molecule has 0 spiro atoms. The summed E-state index contributed by atoms with van der Waals surface area (Å²) < 4.78 is 1.13. The largest absolute Gasteiger partial charge is 0.345 e. The van der Waals surface area contributed by atoms with Crippen LogP contribution >= 0.6 is 34.5 Å². The number of anilines is 2. The second kappa shape index (κ2) is 7.54. The number of hydrogen-bond acceptors (Lipinski definition) is 4. The predicted molar refractivity (Wildman–Crippen MR) is 114 cm³/mol. The smallest absolute Gasteiger partial charge is 0.321 e. The normalized spacial score (nSPS) is 14.6. The molecule has 8 heteroatoms. The van der Waals surface area contributed by atoms with Gasteiger partial charge in [0.1, 0.15) is 0 Å². The molecular weight excluding hydrogens is 403 g/mol. The van der Waals surface area contributed by atoms with E-state index in [0.717, 1.165) is 39.0 Å². The summed E-state index contributed by atoms with van der Waals surface area (Å²) in [5.74, 6) is 0. The van der Waals surface area contributed by atoms with Gasteiger partial charge in [-0.05, 0) is 42.8 Å². The third-order valence-electron chi connectivity index (χ3n) is 4.65. The molecule has 1 aromatic heterocycles. The van der Waals surface area contributed by atoms with E-state index in [1.165, 1.54) is 0 Å². The maximum Gasteiger partial charge on any atom is 0.321 e. The number of aryl methyl sites for hydroxylation is 1. The molecule has 0 aliphatic carbocycles. The van der Waals surface area contributed by atoms with Crippen molar-refractivity contribution >= 4 is 61.6 Å². The SMILES string of the molecule is Cc1c(Cl)ccc2sc(N3CCN(C(=O)Nc4cccc(Cl)c4)CC3)nc12. The Morgan fingerprint density at radius 1 is 1.15 bits per heavy atom. The van der Waals surface area contributed by atoms with Crippen LogP contribution in [-0.4, -0.2) is 42.1 Å². The number of carbonyl (C=O) groups is 1. The molecule has 2 aromatic carbocycles. The van der Waals surface area contributed by atoms with Crippen LogP contribution in [-0.2, 0) is 0 Å². The lowest BCUT2D eigenvalue weighted by molar-refractivity contribution is 0.208. The van der Waals surface area contributed by atoms with E-state index >= 15 is 0 Å². The molecule has 2 amide bonds. The molecule has 27 heavy (non-hydrogen) atoms. The minimum absolute atomic E-state index is 0.108. The molecule has 5 nitrogen and oxygen atoms in total. The number of rotatable bonds is 2. The van der Waals surface area contributed by atoms with Crippen LogP contribution in [0.15, 0.2) is 36.4 Å². The van der Waals surface area contributed by atoms with E-state index in [4.69, 9.17) is 28.2 Å². The van der Waals surface area contributed by atoms with E-state index in [-0.39, 0.29) is 6.03 Å². The number of halogens is 2. The molecule has 0 atom stereocenters. The Kier molecular flexibility index (Phi) is 5.12. The number of benzene rings is 2. The minimum Gasteiger partial charge on any atom is -0.345 e. The van der Waals surface area contributed by atoms with Gasteiger partial charge in [0.15, 0.2) is 5.13 Å². The molecule has 140 valence electrons. The molecule has 1 saturated heterocycles. The standard InChI is InChI=1S/C19H18Cl2N4OS/c1-12-15(21)5-6-16-17(12)23-19(27-16)25-9-7-24(8-10-25)18(26)22-14-4-2-3-13(20)11-14/h2-6,11H,7-10H2,1H3,(H,22,26). The van der Waals surface area contributed by atoms with E-state index in [1.54, 1.807) is 23.5 Å². The molecular formula is C19H18Cl2N4OS. The Balaban J connectivity index is 1.41. The van der Waals surface area contributed by atoms with Gasteiger partial charge in [-0.2, -0.15) is 0 Å². The maximum atomic E-state index is 12.5. The molecule has 1 N–H and O–H groups in total. The molecule has 3 aromatic rings. The first-order chi connectivity index (χ1) is 13.0. The fourth-order valence-corrected chi connectivity index (χ4v) is 4.51. The molecule has 4 rings (SSSR count). The first-order valence-electron chi connectivity index (χ1n) is 8.63. The highest BCUT2D eigenvalue weighted by Crippen LogP contribution is 2.33. The molecule has 1 aliphatic heterocycles. The number of urea groups is 1. The van der Waals surface area contributed by atoms with Crippen molar-refractivity contribution in [2.24, 2.45) is 0 Å². The third-order valence-corrected chi connectivity index (χ3v) is 6.38. The fraction of sp³-hybridized carbons (Fsp3) is 0.263. The van der Waals surface area contributed by atoms with Crippen molar-refractivity contribution in [2.75, 3.05) is 36.4 Å². The lowest BCUT2D eigenvalue weighted by Crippen LogP contribution is -2.50. The van der Waals surface area contributed by atoms with Crippen molar-refractivity contribution in [2.45, 2.75) is 6.92 Å². The summed E-state index contributed by atoms with van der Waals surface area (Å²) in [6, 6.07) is 11.0.